The number of nitrogens with zero attached hydrogens (tertiary/aromatic N) is 5. The summed E-state index contributed by atoms with van der Waals surface area (Å²) in [5, 5.41) is 18.5. The van der Waals surface area contributed by atoms with Gasteiger partial charge in [-0.2, -0.15) is 5.10 Å². The smallest absolute Gasteiger partial charge is 0.287 e. The first kappa shape index (κ1) is 29.8. The Hall–Kier alpha value is -4.26. The van der Waals surface area contributed by atoms with Crippen LogP contribution in [0.1, 0.15) is 40.0 Å². The average Bonchev–Trinajstić information content (AvgIpc) is 3.80. The van der Waals surface area contributed by atoms with Crippen LogP contribution >= 0.6 is 39.3 Å². The molecule has 0 aliphatic carbocycles. The van der Waals surface area contributed by atoms with Gasteiger partial charge >= 0.3 is 0 Å². The lowest BCUT2D eigenvalue weighted by Crippen LogP contribution is -2.28. The third kappa shape index (κ3) is 6.62. The summed E-state index contributed by atoms with van der Waals surface area (Å²) in [6, 6.07) is 23.7. The van der Waals surface area contributed by atoms with Crippen LogP contribution < -0.4 is 5.32 Å². The number of thioether (sulfide) groups is 1. The molecule has 0 radical (unpaired) electrons. The highest BCUT2D eigenvalue weighted by Crippen LogP contribution is 2.34. The van der Waals surface area contributed by atoms with Crippen molar-refractivity contribution in [2.24, 2.45) is 5.10 Å². The molecule has 0 unspecified atom stereocenters. The van der Waals surface area contributed by atoms with Gasteiger partial charge in [-0.05, 0) is 65.7 Å². The quantitative estimate of drug-likeness (QED) is 0.170. The summed E-state index contributed by atoms with van der Waals surface area (Å²) >= 11 is 10.9. The fourth-order valence-electron chi connectivity index (χ4n) is 4.73. The van der Waals surface area contributed by atoms with Gasteiger partial charge in [0.2, 0.25) is 0 Å². The molecule has 13 heteroatoms. The molecule has 222 valence electrons. The van der Waals surface area contributed by atoms with Crippen LogP contribution in [0.25, 0.3) is 5.69 Å². The molecule has 44 heavy (non-hydrogen) atoms. The Kier molecular flexibility index (Phi) is 8.91. The molecule has 1 aliphatic heterocycles. The maximum absolute atomic E-state index is 13.7. The van der Waals surface area contributed by atoms with Crippen LogP contribution in [0.15, 0.2) is 110 Å². The molecule has 3 heterocycles. The van der Waals surface area contributed by atoms with Gasteiger partial charge in [0.1, 0.15) is 5.82 Å². The van der Waals surface area contributed by atoms with Crippen molar-refractivity contribution in [2.45, 2.75) is 24.2 Å². The molecule has 1 N–H and O–H groups in total. The summed E-state index contributed by atoms with van der Waals surface area (Å²) in [6.45, 7) is 0.0488. The zero-order chi connectivity index (χ0) is 30.6. The lowest BCUT2D eigenvalue weighted by Gasteiger charge is -2.22. The Morgan fingerprint density at radius 3 is 2.57 bits per heavy atom. The first-order valence-corrected chi connectivity index (χ1v) is 15.6. The minimum atomic E-state index is -0.402. The van der Waals surface area contributed by atoms with E-state index in [0.29, 0.717) is 28.1 Å². The topological polar surface area (TPSA) is 106 Å². The number of carbonyl (C=O) groups is 2. The normalized spacial score (nSPS) is 14.5. The number of hydrogen-bond donors (Lipinski definition) is 1. The van der Waals surface area contributed by atoms with Gasteiger partial charge in [-0.3, -0.25) is 14.2 Å². The van der Waals surface area contributed by atoms with E-state index < -0.39 is 11.9 Å². The molecule has 0 fully saturated rings. The Morgan fingerprint density at radius 2 is 1.84 bits per heavy atom. The maximum Gasteiger partial charge on any atom is 0.287 e. The summed E-state index contributed by atoms with van der Waals surface area (Å²) in [4.78, 5) is 26.2. The van der Waals surface area contributed by atoms with Crippen molar-refractivity contribution < 1.29 is 18.4 Å². The van der Waals surface area contributed by atoms with Crippen LogP contribution in [0.3, 0.4) is 0 Å². The monoisotopic (exact) mass is 692 g/mol. The Bertz CT molecular complexity index is 1830. The van der Waals surface area contributed by atoms with Gasteiger partial charge < -0.3 is 9.73 Å². The minimum Gasteiger partial charge on any atom is -0.459 e. The van der Waals surface area contributed by atoms with Crippen molar-refractivity contribution in [3.8, 4) is 5.69 Å². The first-order valence-electron chi connectivity index (χ1n) is 13.4. The molecule has 1 aliphatic rings. The lowest BCUT2D eigenvalue weighted by atomic mass is 9.98. The van der Waals surface area contributed by atoms with E-state index in [-0.39, 0.29) is 29.8 Å². The van der Waals surface area contributed by atoms with Crippen molar-refractivity contribution in [1.29, 1.82) is 0 Å². The van der Waals surface area contributed by atoms with E-state index in [1.807, 2.05) is 30.3 Å². The predicted molar refractivity (Wildman–Crippen MR) is 168 cm³/mol. The number of carbonyl (C=O) groups excluding carboxylic acids is 2. The Morgan fingerprint density at radius 1 is 1.05 bits per heavy atom. The molecule has 2 amide bonds. The van der Waals surface area contributed by atoms with Gasteiger partial charge in [0, 0.05) is 15.9 Å². The number of hydrogen-bond acceptors (Lipinski definition) is 7. The molecule has 0 spiro atoms. The van der Waals surface area contributed by atoms with Gasteiger partial charge in [-0.25, -0.2) is 9.40 Å². The fraction of sp³-hybridized carbons (Fsp3) is 0.129. The second-order valence-corrected chi connectivity index (χ2v) is 12.0. The molecular weight excluding hydrogens is 671 g/mol. The summed E-state index contributed by atoms with van der Waals surface area (Å²) in [5.41, 5.74) is 3.09. The van der Waals surface area contributed by atoms with E-state index in [0.717, 1.165) is 21.3 Å². The summed E-state index contributed by atoms with van der Waals surface area (Å²) in [6.07, 6.45) is 1.89. The Balaban J connectivity index is 1.25. The number of nitrogens with one attached hydrogen (secondary N) is 1. The highest BCUT2D eigenvalue weighted by Gasteiger charge is 2.33. The van der Waals surface area contributed by atoms with Crippen LogP contribution in [0.5, 0.6) is 0 Å². The number of furan rings is 1. The second-order valence-electron chi connectivity index (χ2n) is 9.73. The summed E-state index contributed by atoms with van der Waals surface area (Å²) < 4.78 is 21.6. The molecule has 9 nitrogen and oxygen atoms in total. The largest absolute Gasteiger partial charge is 0.459 e. The van der Waals surface area contributed by atoms with Crippen molar-refractivity contribution >= 4 is 56.8 Å². The molecule has 5 aromatic rings. The van der Waals surface area contributed by atoms with Crippen LogP contribution in [0.4, 0.5) is 4.39 Å². The highest BCUT2D eigenvalue weighted by atomic mass is 79.9. The maximum atomic E-state index is 13.7. The molecule has 2 aromatic heterocycles. The van der Waals surface area contributed by atoms with Gasteiger partial charge in [0.05, 0.1) is 36.0 Å². The zero-order valence-corrected chi connectivity index (χ0v) is 26.0. The van der Waals surface area contributed by atoms with Gasteiger partial charge in [-0.15, -0.1) is 10.2 Å². The number of aromatic nitrogens is 3. The SMILES string of the molecule is O=C(NCc1nnc(SCC(=O)N2N=C(c3ccc(Br)cc3)C[C@@H]2c2ccc(F)cc2)n1-c1cccc(Cl)c1)c1ccco1. The van der Waals surface area contributed by atoms with E-state index in [1.165, 1.54) is 35.2 Å². The number of halogens is 3. The van der Waals surface area contributed by atoms with Gasteiger partial charge in [0.25, 0.3) is 11.8 Å². The van der Waals surface area contributed by atoms with Crippen molar-refractivity contribution in [1.82, 2.24) is 25.1 Å². The van der Waals surface area contributed by atoms with Gasteiger partial charge in [0.15, 0.2) is 16.7 Å². The number of benzene rings is 3. The van der Waals surface area contributed by atoms with Crippen LogP contribution in [-0.4, -0.2) is 43.1 Å². The third-order valence-electron chi connectivity index (χ3n) is 6.84. The standard InChI is InChI=1S/C31H23BrClFN6O3S/c32-21-10-6-19(7-11-21)25-16-26(20-8-12-23(34)13-9-20)40(38-25)29(41)18-44-31-37-36-28(17-35-30(42)27-5-2-14-43-27)39(31)24-4-1-3-22(33)15-24/h1-15,26H,16-18H2,(H,35,42)/t26-/m1/s1. The molecule has 6 rings (SSSR count). The van der Waals surface area contributed by atoms with Crippen molar-refractivity contribution in [3.05, 3.63) is 129 Å². The minimum absolute atomic E-state index is 0.00767. The molecular formula is C31H23BrClFN6O3S. The van der Waals surface area contributed by atoms with Crippen LogP contribution in [0, 0.1) is 5.82 Å². The molecule has 0 saturated carbocycles. The number of amides is 2. The van der Waals surface area contributed by atoms with E-state index in [2.05, 4.69) is 31.4 Å². The summed E-state index contributed by atoms with van der Waals surface area (Å²) in [5.74, 6) is -0.422. The van der Waals surface area contributed by atoms with E-state index >= 15 is 0 Å². The Labute approximate surface area is 269 Å². The molecule has 1 atom stereocenters. The van der Waals surface area contributed by atoms with Gasteiger partial charge in [-0.1, -0.05) is 69.6 Å². The van der Waals surface area contributed by atoms with Crippen molar-refractivity contribution in [3.63, 3.8) is 0 Å². The van der Waals surface area contributed by atoms with E-state index in [1.54, 1.807) is 47.0 Å². The second kappa shape index (κ2) is 13.2. The predicted octanol–water partition coefficient (Wildman–Crippen LogP) is 6.82. The lowest BCUT2D eigenvalue weighted by molar-refractivity contribution is -0.130. The molecule has 0 saturated heterocycles. The fourth-order valence-corrected chi connectivity index (χ4v) is 6.00. The third-order valence-corrected chi connectivity index (χ3v) is 8.52. The van der Waals surface area contributed by atoms with Crippen LogP contribution in [-0.2, 0) is 11.3 Å². The average molecular weight is 694 g/mol. The zero-order valence-electron chi connectivity index (χ0n) is 22.9. The van der Waals surface area contributed by atoms with E-state index in [9.17, 15) is 14.0 Å². The number of hydrazone groups is 1. The molecule has 0 bridgehead atoms. The molecule has 3 aromatic carbocycles. The van der Waals surface area contributed by atoms with Crippen LogP contribution in [0.2, 0.25) is 5.02 Å². The first-order chi connectivity index (χ1) is 21.4. The number of rotatable bonds is 9. The van der Waals surface area contributed by atoms with E-state index in [4.69, 9.17) is 21.1 Å². The summed E-state index contributed by atoms with van der Waals surface area (Å²) in [7, 11) is 0. The highest BCUT2D eigenvalue weighted by molar-refractivity contribution is 9.10. The van der Waals surface area contributed by atoms with Crippen molar-refractivity contribution in [2.75, 3.05) is 5.75 Å².